The van der Waals surface area contributed by atoms with Crippen molar-refractivity contribution in [2.75, 3.05) is 32.5 Å². The lowest BCUT2D eigenvalue weighted by Crippen LogP contribution is -2.26. The van der Waals surface area contributed by atoms with Crippen LogP contribution in [0.5, 0.6) is 5.75 Å². The van der Waals surface area contributed by atoms with Crippen LogP contribution in [0, 0.1) is 0 Å². The minimum Gasteiger partial charge on any atom is -0.490 e. The van der Waals surface area contributed by atoms with Crippen LogP contribution in [0.3, 0.4) is 0 Å². The predicted octanol–water partition coefficient (Wildman–Crippen LogP) is 2.31. The zero-order valence-electron chi connectivity index (χ0n) is 12.8. The molecule has 1 unspecified atom stereocenters. The van der Waals surface area contributed by atoms with Crippen molar-refractivity contribution in [2.24, 2.45) is 0 Å². The number of nitrogens with zero attached hydrogens (tertiary/aromatic N) is 1. The number of esters is 1. The van der Waals surface area contributed by atoms with Gasteiger partial charge in [-0.1, -0.05) is 6.07 Å². The van der Waals surface area contributed by atoms with Gasteiger partial charge in [0.05, 0.1) is 18.9 Å². The molecule has 1 aliphatic heterocycles. The molecule has 0 saturated carbocycles. The SMILES string of the molecule is CCOC(=O)c1cccc(N)c1OCCC1CCCN1C. The summed E-state index contributed by atoms with van der Waals surface area (Å²) in [4.78, 5) is 14.3. The fourth-order valence-electron chi connectivity index (χ4n) is 2.73. The number of para-hydroxylation sites is 1. The normalized spacial score (nSPS) is 18.7. The minimum atomic E-state index is -0.391. The second-order valence-corrected chi connectivity index (χ2v) is 5.36. The molecule has 1 fully saturated rings. The fourth-order valence-corrected chi connectivity index (χ4v) is 2.73. The highest BCUT2D eigenvalue weighted by Crippen LogP contribution is 2.28. The van der Waals surface area contributed by atoms with E-state index < -0.39 is 5.97 Å². The first-order chi connectivity index (χ1) is 10.1. The van der Waals surface area contributed by atoms with Gasteiger partial charge in [0.15, 0.2) is 5.75 Å². The lowest BCUT2D eigenvalue weighted by atomic mass is 10.1. The molecular weight excluding hydrogens is 268 g/mol. The zero-order valence-corrected chi connectivity index (χ0v) is 12.8. The number of anilines is 1. The average molecular weight is 292 g/mol. The summed E-state index contributed by atoms with van der Waals surface area (Å²) < 4.78 is 10.8. The van der Waals surface area contributed by atoms with E-state index >= 15 is 0 Å². The molecule has 1 aromatic rings. The Kier molecular flexibility index (Phi) is 5.44. The zero-order chi connectivity index (χ0) is 15.2. The van der Waals surface area contributed by atoms with E-state index in [0.29, 0.717) is 36.3 Å². The lowest BCUT2D eigenvalue weighted by Gasteiger charge is -2.20. The standard InChI is InChI=1S/C16H24N2O3/c1-3-20-16(19)13-7-4-8-14(17)15(13)21-11-9-12-6-5-10-18(12)2/h4,7-8,12H,3,5-6,9-11,17H2,1-2H3. The maximum atomic E-state index is 11.9. The van der Waals surface area contributed by atoms with Crippen LogP contribution in [0.2, 0.25) is 0 Å². The molecule has 1 atom stereocenters. The Labute approximate surface area is 126 Å². The van der Waals surface area contributed by atoms with Crippen LogP contribution in [0.15, 0.2) is 18.2 Å². The van der Waals surface area contributed by atoms with Gasteiger partial charge in [-0.25, -0.2) is 4.79 Å². The second-order valence-electron chi connectivity index (χ2n) is 5.36. The lowest BCUT2D eigenvalue weighted by molar-refractivity contribution is 0.0521. The van der Waals surface area contributed by atoms with Gasteiger partial charge in [-0.05, 0) is 51.9 Å². The summed E-state index contributed by atoms with van der Waals surface area (Å²) in [7, 11) is 2.14. The molecular formula is C16H24N2O3. The summed E-state index contributed by atoms with van der Waals surface area (Å²) in [6.07, 6.45) is 3.38. The van der Waals surface area contributed by atoms with Crippen molar-refractivity contribution in [2.45, 2.75) is 32.2 Å². The third kappa shape index (κ3) is 3.88. The minimum absolute atomic E-state index is 0.333. The van der Waals surface area contributed by atoms with E-state index in [-0.39, 0.29) is 0 Å². The predicted molar refractivity (Wildman–Crippen MR) is 82.6 cm³/mol. The number of carbonyl (C=O) groups excluding carboxylic acids is 1. The van der Waals surface area contributed by atoms with Gasteiger partial charge in [-0.3, -0.25) is 0 Å². The summed E-state index contributed by atoms with van der Waals surface area (Å²) in [6.45, 7) is 3.81. The van der Waals surface area contributed by atoms with Crippen molar-refractivity contribution in [3.8, 4) is 5.75 Å². The van der Waals surface area contributed by atoms with Crippen molar-refractivity contribution in [1.82, 2.24) is 4.90 Å². The maximum Gasteiger partial charge on any atom is 0.341 e. The van der Waals surface area contributed by atoms with Crippen molar-refractivity contribution < 1.29 is 14.3 Å². The van der Waals surface area contributed by atoms with Crippen LogP contribution in [0.1, 0.15) is 36.5 Å². The third-order valence-corrected chi connectivity index (χ3v) is 3.91. The number of nitrogen functional groups attached to an aromatic ring is 1. The number of ether oxygens (including phenoxy) is 2. The molecule has 1 aliphatic rings. The van der Waals surface area contributed by atoms with E-state index in [2.05, 4.69) is 11.9 Å². The Morgan fingerprint density at radius 3 is 2.95 bits per heavy atom. The van der Waals surface area contributed by atoms with Crippen molar-refractivity contribution >= 4 is 11.7 Å². The molecule has 2 N–H and O–H groups in total. The Bertz CT molecular complexity index is 490. The van der Waals surface area contributed by atoms with Gasteiger partial charge >= 0.3 is 5.97 Å². The van der Waals surface area contributed by atoms with E-state index in [1.165, 1.54) is 12.8 Å². The van der Waals surface area contributed by atoms with Gasteiger partial charge in [-0.15, -0.1) is 0 Å². The van der Waals surface area contributed by atoms with Crippen LogP contribution >= 0.6 is 0 Å². The molecule has 21 heavy (non-hydrogen) atoms. The fraction of sp³-hybridized carbons (Fsp3) is 0.562. The number of hydrogen-bond donors (Lipinski definition) is 1. The molecule has 1 heterocycles. The first-order valence-electron chi connectivity index (χ1n) is 7.52. The Hall–Kier alpha value is -1.75. The molecule has 2 rings (SSSR count). The maximum absolute atomic E-state index is 11.9. The van der Waals surface area contributed by atoms with Crippen LogP contribution in [-0.2, 0) is 4.74 Å². The average Bonchev–Trinajstić information content (AvgIpc) is 2.86. The van der Waals surface area contributed by atoms with E-state index in [1.54, 1.807) is 25.1 Å². The molecule has 0 amide bonds. The Morgan fingerprint density at radius 2 is 2.29 bits per heavy atom. The molecule has 1 aromatic carbocycles. The second kappa shape index (κ2) is 7.31. The van der Waals surface area contributed by atoms with Gasteiger partial charge < -0.3 is 20.1 Å². The summed E-state index contributed by atoms with van der Waals surface area (Å²) in [6, 6.07) is 5.71. The van der Waals surface area contributed by atoms with Crippen molar-refractivity contribution in [3.63, 3.8) is 0 Å². The van der Waals surface area contributed by atoms with E-state index in [9.17, 15) is 4.79 Å². The summed E-state index contributed by atoms with van der Waals surface area (Å²) in [5.41, 5.74) is 6.81. The smallest absolute Gasteiger partial charge is 0.341 e. The molecule has 5 heteroatoms. The van der Waals surface area contributed by atoms with Crippen LogP contribution in [-0.4, -0.2) is 43.7 Å². The number of benzene rings is 1. The van der Waals surface area contributed by atoms with E-state index in [1.807, 2.05) is 0 Å². The molecule has 5 nitrogen and oxygen atoms in total. The van der Waals surface area contributed by atoms with Crippen molar-refractivity contribution in [1.29, 1.82) is 0 Å². The monoisotopic (exact) mass is 292 g/mol. The quantitative estimate of drug-likeness (QED) is 0.644. The highest BCUT2D eigenvalue weighted by atomic mass is 16.5. The number of nitrogens with two attached hydrogens (primary N) is 1. The largest absolute Gasteiger partial charge is 0.490 e. The molecule has 0 bridgehead atoms. The van der Waals surface area contributed by atoms with Gasteiger partial charge in [0.25, 0.3) is 0 Å². The molecule has 1 saturated heterocycles. The number of carbonyl (C=O) groups is 1. The first kappa shape index (κ1) is 15.6. The van der Waals surface area contributed by atoms with E-state index in [0.717, 1.165) is 13.0 Å². The highest BCUT2D eigenvalue weighted by Gasteiger charge is 2.21. The van der Waals surface area contributed by atoms with Crippen molar-refractivity contribution in [3.05, 3.63) is 23.8 Å². The Morgan fingerprint density at radius 1 is 1.48 bits per heavy atom. The summed E-state index contributed by atoms with van der Waals surface area (Å²) in [5.74, 6) is 0.0504. The topological polar surface area (TPSA) is 64.8 Å². The molecule has 0 aliphatic carbocycles. The van der Waals surface area contributed by atoms with Gasteiger partial charge in [-0.2, -0.15) is 0 Å². The van der Waals surface area contributed by atoms with Gasteiger partial charge in [0, 0.05) is 6.04 Å². The van der Waals surface area contributed by atoms with E-state index in [4.69, 9.17) is 15.2 Å². The molecule has 116 valence electrons. The van der Waals surface area contributed by atoms with Crippen LogP contribution < -0.4 is 10.5 Å². The molecule has 0 spiro atoms. The highest BCUT2D eigenvalue weighted by molar-refractivity contribution is 5.94. The van der Waals surface area contributed by atoms with Gasteiger partial charge in [0.1, 0.15) is 5.56 Å². The number of rotatable bonds is 6. The Balaban J connectivity index is 1.99. The third-order valence-electron chi connectivity index (χ3n) is 3.91. The summed E-state index contributed by atoms with van der Waals surface area (Å²) >= 11 is 0. The number of likely N-dealkylation sites (tertiary alicyclic amines) is 1. The van der Waals surface area contributed by atoms with Crippen LogP contribution in [0.4, 0.5) is 5.69 Å². The molecule has 0 aromatic heterocycles. The first-order valence-corrected chi connectivity index (χ1v) is 7.52. The van der Waals surface area contributed by atoms with Gasteiger partial charge in [0.2, 0.25) is 0 Å². The number of hydrogen-bond acceptors (Lipinski definition) is 5. The van der Waals surface area contributed by atoms with Crippen LogP contribution in [0.25, 0.3) is 0 Å². The summed E-state index contributed by atoms with van der Waals surface area (Å²) in [5, 5.41) is 0. The molecule has 0 radical (unpaired) electrons.